The molecule has 1 saturated heterocycles. The zero-order valence-corrected chi connectivity index (χ0v) is 13.7. The minimum absolute atomic E-state index is 0.379. The molecule has 0 aromatic rings. The highest BCUT2D eigenvalue weighted by molar-refractivity contribution is 7.99. The summed E-state index contributed by atoms with van der Waals surface area (Å²) in [6, 6.07) is 0. The van der Waals surface area contributed by atoms with E-state index in [0.29, 0.717) is 13.1 Å². The Balaban J connectivity index is 2.21. The Labute approximate surface area is 121 Å². The van der Waals surface area contributed by atoms with Crippen molar-refractivity contribution in [2.24, 2.45) is 0 Å². The Hall–Kier alpha value is 0.180. The van der Waals surface area contributed by atoms with E-state index >= 15 is 0 Å². The van der Waals surface area contributed by atoms with E-state index in [0.717, 1.165) is 44.1 Å². The van der Waals surface area contributed by atoms with E-state index in [1.54, 1.807) is 6.92 Å². The predicted molar refractivity (Wildman–Crippen MR) is 83.3 cm³/mol. The molecular weight excluding hydrogens is 282 g/mol. The number of hydrogen-bond donors (Lipinski definition) is 2. The van der Waals surface area contributed by atoms with Gasteiger partial charge in [0.05, 0.1) is 5.25 Å². The van der Waals surface area contributed by atoms with Gasteiger partial charge in [0.25, 0.3) is 0 Å². The largest absolute Gasteiger partial charge is 0.315 e. The fourth-order valence-corrected chi connectivity index (χ4v) is 3.88. The van der Waals surface area contributed by atoms with E-state index in [1.165, 1.54) is 0 Å². The number of sulfonamides is 1. The van der Waals surface area contributed by atoms with Crippen LogP contribution in [0.1, 0.15) is 20.3 Å². The minimum atomic E-state index is -3.19. The molecule has 0 aromatic carbocycles. The third-order valence-electron chi connectivity index (χ3n) is 3.22. The first-order valence-electron chi connectivity index (χ1n) is 7.05. The Bertz CT molecular complexity index is 330. The molecule has 1 heterocycles. The molecule has 7 heteroatoms. The van der Waals surface area contributed by atoms with E-state index in [1.807, 2.05) is 11.8 Å². The van der Waals surface area contributed by atoms with Crippen molar-refractivity contribution in [3.05, 3.63) is 0 Å². The average molecular weight is 310 g/mol. The molecular formula is C12H27N3O2S2. The summed E-state index contributed by atoms with van der Waals surface area (Å²) in [5.74, 6) is 2.31. The Morgan fingerprint density at radius 1 is 1.26 bits per heavy atom. The monoisotopic (exact) mass is 309 g/mol. The van der Waals surface area contributed by atoms with Crippen molar-refractivity contribution < 1.29 is 8.42 Å². The van der Waals surface area contributed by atoms with Crippen LogP contribution in [0.3, 0.4) is 0 Å². The molecule has 1 fully saturated rings. The summed E-state index contributed by atoms with van der Waals surface area (Å²) >= 11 is 1.97. The highest BCUT2D eigenvalue weighted by Gasteiger charge is 2.20. The summed E-state index contributed by atoms with van der Waals surface area (Å²) in [7, 11) is -3.19. The van der Waals surface area contributed by atoms with E-state index in [9.17, 15) is 8.42 Å². The quantitative estimate of drug-likeness (QED) is 0.602. The summed E-state index contributed by atoms with van der Waals surface area (Å²) in [4.78, 5) is 2.32. The van der Waals surface area contributed by atoms with E-state index in [4.69, 9.17) is 0 Å². The molecule has 0 saturated carbocycles. The van der Waals surface area contributed by atoms with E-state index in [2.05, 4.69) is 21.9 Å². The van der Waals surface area contributed by atoms with Gasteiger partial charge in [-0.2, -0.15) is 11.8 Å². The molecule has 2 N–H and O–H groups in total. The third-order valence-corrected chi connectivity index (χ3v) is 6.00. The smallest absolute Gasteiger partial charge is 0.215 e. The fourth-order valence-electron chi connectivity index (χ4n) is 1.90. The normalized spacial score (nSPS) is 19.5. The summed E-state index contributed by atoms with van der Waals surface area (Å²) in [5.41, 5.74) is 0. The van der Waals surface area contributed by atoms with Crippen LogP contribution < -0.4 is 10.0 Å². The molecule has 1 aliphatic rings. The van der Waals surface area contributed by atoms with Gasteiger partial charge in [-0.15, -0.1) is 0 Å². The van der Waals surface area contributed by atoms with Crippen molar-refractivity contribution >= 4 is 21.8 Å². The van der Waals surface area contributed by atoms with Gasteiger partial charge < -0.3 is 10.2 Å². The summed E-state index contributed by atoms with van der Waals surface area (Å²) < 4.78 is 26.7. The predicted octanol–water partition coefficient (Wildman–Crippen LogP) is 0.343. The maximum atomic E-state index is 12.0. The second-order valence-electron chi connectivity index (χ2n) is 4.91. The van der Waals surface area contributed by atoms with Crippen molar-refractivity contribution in [2.45, 2.75) is 25.5 Å². The molecule has 1 rings (SSSR count). The van der Waals surface area contributed by atoms with E-state index in [-0.39, 0.29) is 5.25 Å². The molecule has 0 radical (unpaired) electrons. The van der Waals surface area contributed by atoms with Crippen molar-refractivity contribution in [3.63, 3.8) is 0 Å². The highest BCUT2D eigenvalue weighted by Crippen LogP contribution is 2.08. The zero-order valence-electron chi connectivity index (χ0n) is 12.0. The fraction of sp³-hybridized carbons (Fsp3) is 1.00. The van der Waals surface area contributed by atoms with Gasteiger partial charge in [-0.25, -0.2) is 13.1 Å². The molecule has 1 atom stereocenters. The molecule has 19 heavy (non-hydrogen) atoms. The average Bonchev–Trinajstić information content (AvgIpc) is 2.40. The zero-order chi connectivity index (χ0) is 14.1. The van der Waals surface area contributed by atoms with Crippen LogP contribution in [0.2, 0.25) is 0 Å². The standard InChI is InChI=1S/C12H27N3O2S2/c1-3-4-13-11-12(2)19(16,17)14-5-6-15-7-9-18-10-8-15/h12-14H,3-11H2,1-2H3. The van der Waals surface area contributed by atoms with Crippen molar-refractivity contribution in [1.29, 1.82) is 0 Å². The lowest BCUT2D eigenvalue weighted by Crippen LogP contribution is -2.43. The topological polar surface area (TPSA) is 61.4 Å². The van der Waals surface area contributed by atoms with Crippen molar-refractivity contribution in [1.82, 2.24) is 14.9 Å². The number of thioether (sulfide) groups is 1. The third kappa shape index (κ3) is 6.94. The first kappa shape index (κ1) is 17.2. The molecule has 5 nitrogen and oxygen atoms in total. The number of nitrogens with zero attached hydrogens (tertiary/aromatic N) is 1. The first-order valence-corrected chi connectivity index (χ1v) is 9.75. The number of nitrogens with one attached hydrogen (secondary N) is 2. The highest BCUT2D eigenvalue weighted by atomic mass is 32.2. The molecule has 0 aliphatic carbocycles. The molecule has 114 valence electrons. The SMILES string of the molecule is CCCNCC(C)S(=O)(=O)NCCN1CCSCC1. The second-order valence-corrected chi connectivity index (χ2v) is 8.32. The van der Waals surface area contributed by atoms with Gasteiger partial charge >= 0.3 is 0 Å². The van der Waals surface area contributed by atoms with Crippen LogP contribution in [0.5, 0.6) is 0 Å². The molecule has 0 amide bonds. The van der Waals surface area contributed by atoms with Crippen molar-refractivity contribution in [2.75, 3.05) is 50.8 Å². The lowest BCUT2D eigenvalue weighted by molar-refractivity contribution is 0.307. The number of hydrogen-bond acceptors (Lipinski definition) is 5. The second kappa shape index (κ2) is 9.18. The Morgan fingerprint density at radius 3 is 2.58 bits per heavy atom. The van der Waals surface area contributed by atoms with Crippen LogP contribution in [0.15, 0.2) is 0 Å². The summed E-state index contributed by atoms with van der Waals surface area (Å²) in [5, 5.41) is 2.77. The van der Waals surface area contributed by atoms with Gasteiger partial charge in [-0.3, -0.25) is 0 Å². The van der Waals surface area contributed by atoms with Crippen LogP contribution in [-0.2, 0) is 10.0 Å². The Kier molecular flexibility index (Phi) is 8.32. The molecule has 0 spiro atoms. The number of rotatable bonds is 9. The lowest BCUT2D eigenvalue weighted by Gasteiger charge is -2.26. The van der Waals surface area contributed by atoms with Crippen LogP contribution in [0, 0.1) is 0 Å². The van der Waals surface area contributed by atoms with Gasteiger partial charge in [0, 0.05) is 44.2 Å². The maximum Gasteiger partial charge on any atom is 0.215 e. The van der Waals surface area contributed by atoms with Gasteiger partial charge in [0.1, 0.15) is 0 Å². The van der Waals surface area contributed by atoms with Crippen LogP contribution in [0.25, 0.3) is 0 Å². The van der Waals surface area contributed by atoms with E-state index < -0.39 is 10.0 Å². The minimum Gasteiger partial charge on any atom is -0.315 e. The van der Waals surface area contributed by atoms with Crippen LogP contribution in [0.4, 0.5) is 0 Å². The maximum absolute atomic E-state index is 12.0. The summed E-state index contributed by atoms with van der Waals surface area (Å²) in [6.45, 7) is 8.68. The van der Waals surface area contributed by atoms with Gasteiger partial charge in [-0.05, 0) is 19.9 Å². The van der Waals surface area contributed by atoms with Gasteiger partial charge in [0.2, 0.25) is 10.0 Å². The Morgan fingerprint density at radius 2 is 1.95 bits per heavy atom. The molecule has 1 unspecified atom stereocenters. The molecule has 1 aliphatic heterocycles. The molecule has 0 aromatic heterocycles. The lowest BCUT2D eigenvalue weighted by atomic mass is 10.4. The summed E-state index contributed by atoms with van der Waals surface area (Å²) in [6.07, 6.45) is 1.02. The van der Waals surface area contributed by atoms with Gasteiger partial charge in [0.15, 0.2) is 0 Å². The van der Waals surface area contributed by atoms with Crippen LogP contribution in [-0.4, -0.2) is 69.3 Å². The van der Waals surface area contributed by atoms with Crippen molar-refractivity contribution in [3.8, 4) is 0 Å². The van der Waals surface area contributed by atoms with Crippen LogP contribution >= 0.6 is 11.8 Å². The first-order chi connectivity index (χ1) is 9.06. The molecule has 0 bridgehead atoms. The van der Waals surface area contributed by atoms with Gasteiger partial charge in [-0.1, -0.05) is 6.92 Å².